The van der Waals surface area contributed by atoms with Crippen molar-refractivity contribution in [3.8, 4) is 11.5 Å². The van der Waals surface area contributed by atoms with Crippen LogP contribution < -0.4 is 15.2 Å². The van der Waals surface area contributed by atoms with Crippen molar-refractivity contribution in [3.63, 3.8) is 0 Å². The number of aryl methyl sites for hydroxylation is 2. The maximum Gasteiger partial charge on any atom is 0.254 e. The number of amides is 1. The van der Waals surface area contributed by atoms with E-state index in [0.29, 0.717) is 33.5 Å². The number of likely N-dealkylation sites (tertiary alicyclic amines) is 1. The summed E-state index contributed by atoms with van der Waals surface area (Å²) in [6.45, 7) is 9.14. The number of ether oxygens (including phenoxy) is 1. The minimum atomic E-state index is -0.0737. The lowest BCUT2D eigenvalue weighted by molar-refractivity contribution is -0.118. The average Bonchev–Trinajstić information content (AvgIpc) is 3.39. The third-order valence-corrected chi connectivity index (χ3v) is 6.43. The average molecular weight is 587 g/mol. The number of hydrogen-bond donors (Lipinski definition) is 1. The van der Waals surface area contributed by atoms with E-state index < -0.39 is 0 Å². The third-order valence-electron chi connectivity index (χ3n) is 6.43. The Morgan fingerprint density at radius 1 is 1.07 bits per heavy atom. The van der Waals surface area contributed by atoms with Gasteiger partial charge in [0.15, 0.2) is 5.82 Å². The highest BCUT2D eigenvalue weighted by molar-refractivity contribution is 5.87. The van der Waals surface area contributed by atoms with Gasteiger partial charge in [0, 0.05) is 38.9 Å². The molecular formula is C30H35FN10O2. The molecule has 0 saturated carbocycles. The predicted molar refractivity (Wildman–Crippen MR) is 165 cm³/mol. The highest BCUT2D eigenvalue weighted by Gasteiger charge is 2.12. The number of rotatable bonds is 6. The Hall–Kier alpha value is -5.20. The van der Waals surface area contributed by atoms with Gasteiger partial charge in [-0.25, -0.2) is 24.6 Å². The number of allylic oxidation sites excluding steroid dienone is 1. The fourth-order valence-corrected chi connectivity index (χ4v) is 4.30. The first-order chi connectivity index (χ1) is 20.8. The second-order valence-corrected chi connectivity index (χ2v) is 9.78. The Bertz CT molecular complexity index is 1690. The largest absolute Gasteiger partial charge is 0.457 e. The summed E-state index contributed by atoms with van der Waals surface area (Å²) < 4.78 is 21.3. The molecule has 1 saturated heterocycles. The third kappa shape index (κ3) is 7.97. The van der Waals surface area contributed by atoms with Gasteiger partial charge in [0.1, 0.15) is 34.4 Å². The van der Waals surface area contributed by atoms with Crippen LogP contribution >= 0.6 is 0 Å². The monoisotopic (exact) mass is 586 g/mol. The van der Waals surface area contributed by atoms with E-state index in [4.69, 9.17) is 4.74 Å². The molecule has 3 aromatic heterocycles. The Labute approximate surface area is 249 Å². The Morgan fingerprint density at radius 3 is 2.51 bits per heavy atom. The van der Waals surface area contributed by atoms with Crippen molar-refractivity contribution in [1.82, 2.24) is 39.8 Å². The summed E-state index contributed by atoms with van der Waals surface area (Å²) in [5.41, 5.74) is 4.29. The number of carbonyl (C=O) groups is 1. The van der Waals surface area contributed by atoms with Gasteiger partial charge in [-0.05, 0) is 69.0 Å². The SMILES string of the molecule is C=CC.Cc1cc(Nc2ncnc3cnc(N(C)F)nc23)ccc1Oc1ccc2c(c1)nnn2C.O=CN1CCCCC1. The van der Waals surface area contributed by atoms with Crippen LogP contribution in [0.25, 0.3) is 22.1 Å². The van der Waals surface area contributed by atoms with Crippen LogP contribution in [-0.4, -0.2) is 66.4 Å². The van der Waals surface area contributed by atoms with Crippen molar-refractivity contribution >= 4 is 45.9 Å². The van der Waals surface area contributed by atoms with Crippen molar-refractivity contribution in [1.29, 1.82) is 0 Å². The summed E-state index contributed by atoms with van der Waals surface area (Å²) in [6, 6.07) is 11.3. The van der Waals surface area contributed by atoms with Gasteiger partial charge in [0.05, 0.1) is 11.7 Å². The molecule has 0 aliphatic carbocycles. The van der Waals surface area contributed by atoms with Crippen LogP contribution in [0.1, 0.15) is 31.7 Å². The van der Waals surface area contributed by atoms with Gasteiger partial charge in [-0.3, -0.25) is 4.79 Å². The van der Waals surface area contributed by atoms with Gasteiger partial charge in [-0.2, -0.15) is 5.12 Å². The highest BCUT2D eigenvalue weighted by Crippen LogP contribution is 2.30. The summed E-state index contributed by atoms with van der Waals surface area (Å²) in [4.78, 5) is 28.5. The van der Waals surface area contributed by atoms with Crippen molar-refractivity contribution in [2.24, 2.45) is 7.05 Å². The maximum atomic E-state index is 13.5. The summed E-state index contributed by atoms with van der Waals surface area (Å²) in [6.07, 6.45) is 9.23. The van der Waals surface area contributed by atoms with Crippen LogP contribution in [0.5, 0.6) is 11.5 Å². The molecule has 0 radical (unpaired) electrons. The molecular weight excluding hydrogens is 551 g/mol. The predicted octanol–water partition coefficient (Wildman–Crippen LogP) is 5.69. The normalized spacial score (nSPS) is 12.4. The smallest absolute Gasteiger partial charge is 0.254 e. The molecule has 1 amide bonds. The minimum absolute atomic E-state index is 0.0737. The van der Waals surface area contributed by atoms with E-state index in [1.165, 1.54) is 38.8 Å². The molecule has 5 aromatic rings. The zero-order chi connectivity index (χ0) is 30.8. The zero-order valence-electron chi connectivity index (χ0n) is 24.7. The number of hydrogen-bond acceptors (Lipinski definition) is 10. The molecule has 0 bridgehead atoms. The lowest BCUT2D eigenvalue weighted by atomic mass is 10.1. The van der Waals surface area contributed by atoms with Crippen LogP contribution in [0.2, 0.25) is 0 Å². The topological polar surface area (TPSA) is 127 Å². The number of halogens is 1. The Kier molecular flexibility index (Phi) is 10.5. The number of carbonyl (C=O) groups excluding carboxylic acids is 1. The van der Waals surface area contributed by atoms with E-state index in [-0.39, 0.29) is 5.95 Å². The van der Waals surface area contributed by atoms with E-state index in [1.807, 2.05) is 62.2 Å². The molecule has 2 aromatic carbocycles. The second-order valence-electron chi connectivity index (χ2n) is 9.78. The Morgan fingerprint density at radius 2 is 1.84 bits per heavy atom. The molecule has 4 heterocycles. The number of aromatic nitrogens is 7. The van der Waals surface area contributed by atoms with Crippen LogP contribution in [-0.2, 0) is 11.8 Å². The maximum absolute atomic E-state index is 13.5. The lowest BCUT2D eigenvalue weighted by Gasteiger charge is -2.21. The molecule has 0 atom stereocenters. The first-order valence-corrected chi connectivity index (χ1v) is 13.8. The van der Waals surface area contributed by atoms with E-state index in [1.54, 1.807) is 10.8 Å². The van der Waals surface area contributed by atoms with Crippen LogP contribution in [0.4, 0.5) is 21.9 Å². The number of piperidine rings is 1. The van der Waals surface area contributed by atoms with Crippen LogP contribution in [0.15, 0.2) is 61.6 Å². The first kappa shape index (κ1) is 30.8. The van der Waals surface area contributed by atoms with Gasteiger partial charge in [0.25, 0.3) is 5.95 Å². The molecule has 1 aliphatic heterocycles. The molecule has 224 valence electrons. The molecule has 1 fully saturated rings. The summed E-state index contributed by atoms with van der Waals surface area (Å²) >= 11 is 0. The Balaban J connectivity index is 0.000000327. The molecule has 13 heteroatoms. The van der Waals surface area contributed by atoms with Gasteiger partial charge < -0.3 is 15.0 Å². The fourth-order valence-electron chi connectivity index (χ4n) is 4.30. The number of nitrogens with one attached hydrogen (secondary N) is 1. The summed E-state index contributed by atoms with van der Waals surface area (Å²) in [7, 11) is 3.07. The van der Waals surface area contributed by atoms with Crippen molar-refractivity contribution < 1.29 is 14.0 Å². The summed E-state index contributed by atoms with van der Waals surface area (Å²) in [5, 5.41) is 11.7. The lowest BCUT2D eigenvalue weighted by Crippen LogP contribution is -2.27. The van der Waals surface area contributed by atoms with Gasteiger partial charge in [0.2, 0.25) is 6.41 Å². The molecule has 1 aliphatic rings. The fraction of sp³-hybridized carbons (Fsp3) is 0.300. The number of benzene rings is 2. The van der Waals surface area contributed by atoms with Crippen LogP contribution in [0, 0.1) is 6.92 Å². The summed E-state index contributed by atoms with van der Waals surface area (Å²) in [5.74, 6) is 1.75. The van der Waals surface area contributed by atoms with Crippen molar-refractivity contribution in [2.75, 3.05) is 30.6 Å². The first-order valence-electron chi connectivity index (χ1n) is 13.8. The second kappa shape index (κ2) is 14.6. The van der Waals surface area contributed by atoms with Gasteiger partial charge in [-0.15, -0.1) is 11.7 Å². The van der Waals surface area contributed by atoms with E-state index in [0.717, 1.165) is 41.8 Å². The quantitative estimate of drug-likeness (QED) is 0.151. The number of nitrogens with zero attached hydrogens (tertiary/aromatic N) is 9. The van der Waals surface area contributed by atoms with E-state index >= 15 is 0 Å². The molecule has 0 spiro atoms. The highest BCUT2D eigenvalue weighted by atomic mass is 19.2. The number of fused-ring (bicyclic) bond motifs is 2. The van der Waals surface area contributed by atoms with Crippen LogP contribution in [0.3, 0.4) is 0 Å². The van der Waals surface area contributed by atoms with Crippen molar-refractivity contribution in [3.05, 3.63) is 67.1 Å². The molecule has 0 unspecified atom stereocenters. The minimum Gasteiger partial charge on any atom is -0.457 e. The van der Waals surface area contributed by atoms with Gasteiger partial charge in [-0.1, -0.05) is 15.8 Å². The molecule has 1 N–H and O–H groups in total. The standard InChI is InChI=1S/C21H18FN9O.C6H11NO.C3H6/c1-12-8-13(26-20-19-16(24-11-25-20)10-23-21(27-19)30(2)22)4-7-18(12)32-14-5-6-17-15(9-14)28-29-31(17)3;8-6-7-4-2-1-3-5-7;1-3-2/h4-11H,1-3H3,(H,24,25,26);6H,1-5H2;3H,1H2,2H3. The van der Waals surface area contributed by atoms with E-state index in [2.05, 4.69) is 42.1 Å². The molecule has 6 rings (SSSR count). The van der Waals surface area contributed by atoms with Gasteiger partial charge >= 0.3 is 0 Å². The number of anilines is 3. The van der Waals surface area contributed by atoms with Crippen molar-refractivity contribution in [2.45, 2.75) is 33.1 Å². The molecule has 43 heavy (non-hydrogen) atoms. The van der Waals surface area contributed by atoms with E-state index in [9.17, 15) is 9.28 Å². The molecule has 12 nitrogen and oxygen atoms in total. The zero-order valence-corrected chi connectivity index (χ0v) is 24.7.